The van der Waals surface area contributed by atoms with Crippen LogP contribution in [0, 0.1) is 0 Å². The molecule has 0 aromatic heterocycles. The Morgan fingerprint density at radius 1 is 1.54 bits per heavy atom. The van der Waals surface area contributed by atoms with Gasteiger partial charge in [-0.2, -0.15) is 0 Å². The van der Waals surface area contributed by atoms with Crippen molar-refractivity contribution in [2.75, 3.05) is 6.61 Å². The van der Waals surface area contributed by atoms with Crippen molar-refractivity contribution in [2.45, 2.75) is 32.7 Å². The van der Waals surface area contributed by atoms with E-state index >= 15 is 0 Å². The topological polar surface area (TPSA) is 81.4 Å². The van der Waals surface area contributed by atoms with Crippen LogP contribution in [0.25, 0.3) is 0 Å². The second-order valence-corrected chi connectivity index (χ2v) is 2.76. The fourth-order valence-electron chi connectivity index (χ4n) is 0.599. The van der Waals surface area contributed by atoms with Gasteiger partial charge in [0.05, 0.1) is 6.61 Å². The summed E-state index contributed by atoms with van der Waals surface area (Å²) >= 11 is 0. The standard InChI is InChI=1S/C8H16N2O3/c1-3-4-5-13-8(12)10-6(2)7(9)11/h6H,3-5H2,1-2H3,(H2,9,11)(H,10,12)/t6-/m1/s1. The lowest BCUT2D eigenvalue weighted by Crippen LogP contribution is -2.42. The molecular weight excluding hydrogens is 172 g/mol. The predicted molar refractivity (Wildman–Crippen MR) is 48.0 cm³/mol. The molecule has 0 saturated heterocycles. The number of nitrogens with two attached hydrogens (primary N) is 1. The number of alkyl carbamates (subject to hydrolysis) is 1. The zero-order chi connectivity index (χ0) is 10.3. The molecule has 76 valence electrons. The fourth-order valence-corrected chi connectivity index (χ4v) is 0.599. The number of nitrogens with one attached hydrogen (secondary N) is 1. The van der Waals surface area contributed by atoms with E-state index in [2.05, 4.69) is 5.32 Å². The van der Waals surface area contributed by atoms with Gasteiger partial charge in [0.25, 0.3) is 0 Å². The first-order valence-electron chi connectivity index (χ1n) is 4.30. The van der Waals surface area contributed by atoms with E-state index in [-0.39, 0.29) is 0 Å². The molecule has 1 atom stereocenters. The molecule has 13 heavy (non-hydrogen) atoms. The average molecular weight is 188 g/mol. The van der Waals surface area contributed by atoms with E-state index in [1.54, 1.807) is 0 Å². The van der Waals surface area contributed by atoms with Crippen LogP contribution in [0.3, 0.4) is 0 Å². The average Bonchev–Trinajstić information content (AvgIpc) is 2.04. The number of carbonyl (C=O) groups is 2. The predicted octanol–water partition coefficient (Wildman–Crippen LogP) is 0.387. The summed E-state index contributed by atoms with van der Waals surface area (Å²) in [6.45, 7) is 3.87. The Kier molecular flexibility index (Phi) is 5.67. The van der Waals surface area contributed by atoms with Gasteiger partial charge in [-0.05, 0) is 13.3 Å². The Bertz CT molecular complexity index is 182. The molecule has 0 unspecified atom stereocenters. The van der Waals surface area contributed by atoms with Gasteiger partial charge in [-0.25, -0.2) is 4.79 Å². The maximum atomic E-state index is 10.9. The van der Waals surface area contributed by atoms with Crippen molar-refractivity contribution in [2.24, 2.45) is 5.73 Å². The Morgan fingerprint density at radius 2 is 2.15 bits per heavy atom. The molecule has 0 saturated carbocycles. The minimum Gasteiger partial charge on any atom is -0.450 e. The molecule has 3 N–H and O–H groups in total. The minimum absolute atomic E-state index is 0.369. The number of amides is 2. The smallest absolute Gasteiger partial charge is 0.407 e. The molecule has 0 spiro atoms. The summed E-state index contributed by atoms with van der Waals surface area (Å²) in [7, 11) is 0. The van der Waals surface area contributed by atoms with Crippen molar-refractivity contribution in [3.63, 3.8) is 0 Å². The van der Waals surface area contributed by atoms with Gasteiger partial charge in [0.15, 0.2) is 0 Å². The molecule has 0 bridgehead atoms. The number of hydrogen-bond donors (Lipinski definition) is 2. The molecule has 0 aliphatic heterocycles. The Morgan fingerprint density at radius 3 is 2.62 bits per heavy atom. The van der Waals surface area contributed by atoms with Gasteiger partial charge < -0.3 is 15.8 Å². The van der Waals surface area contributed by atoms with E-state index in [9.17, 15) is 9.59 Å². The van der Waals surface area contributed by atoms with Gasteiger partial charge in [0.1, 0.15) is 6.04 Å². The van der Waals surface area contributed by atoms with Crippen LogP contribution in [0.2, 0.25) is 0 Å². The SMILES string of the molecule is CCCCOC(=O)N[C@H](C)C(N)=O. The van der Waals surface area contributed by atoms with Crippen LogP contribution in [0.15, 0.2) is 0 Å². The van der Waals surface area contributed by atoms with Crippen LogP contribution >= 0.6 is 0 Å². The molecule has 0 heterocycles. The number of primary amides is 1. The lowest BCUT2D eigenvalue weighted by Gasteiger charge is -2.09. The van der Waals surface area contributed by atoms with E-state index in [0.29, 0.717) is 6.61 Å². The monoisotopic (exact) mass is 188 g/mol. The highest BCUT2D eigenvalue weighted by Crippen LogP contribution is 1.89. The van der Waals surface area contributed by atoms with Crippen LogP contribution in [0.1, 0.15) is 26.7 Å². The number of unbranched alkanes of at least 4 members (excludes halogenated alkanes) is 1. The number of rotatable bonds is 5. The first kappa shape index (κ1) is 11.7. The normalized spacial score (nSPS) is 11.8. The summed E-state index contributed by atoms with van der Waals surface area (Å²) in [5, 5.41) is 2.30. The summed E-state index contributed by atoms with van der Waals surface area (Å²) < 4.78 is 4.75. The summed E-state index contributed by atoms with van der Waals surface area (Å²) in [6, 6.07) is -0.686. The van der Waals surface area contributed by atoms with Gasteiger partial charge in [-0.15, -0.1) is 0 Å². The van der Waals surface area contributed by atoms with Gasteiger partial charge in [0.2, 0.25) is 5.91 Å². The summed E-state index contributed by atoms with van der Waals surface area (Å²) in [4.78, 5) is 21.4. The first-order chi connectivity index (χ1) is 6.07. The zero-order valence-corrected chi connectivity index (χ0v) is 8.00. The molecule has 2 amide bonds. The third-order valence-corrected chi connectivity index (χ3v) is 1.49. The molecule has 0 aromatic rings. The lowest BCUT2D eigenvalue weighted by molar-refractivity contribution is -0.119. The summed E-state index contributed by atoms with van der Waals surface area (Å²) in [5.74, 6) is -0.576. The van der Waals surface area contributed by atoms with Crippen molar-refractivity contribution in [1.82, 2.24) is 5.32 Å². The Balaban J connectivity index is 3.56. The lowest BCUT2D eigenvalue weighted by atomic mass is 10.3. The number of carbonyl (C=O) groups excluding carboxylic acids is 2. The quantitative estimate of drug-likeness (QED) is 0.612. The van der Waals surface area contributed by atoms with Crippen molar-refractivity contribution < 1.29 is 14.3 Å². The first-order valence-corrected chi connectivity index (χ1v) is 4.30. The van der Waals surface area contributed by atoms with E-state index in [4.69, 9.17) is 10.5 Å². The largest absolute Gasteiger partial charge is 0.450 e. The molecule has 5 heteroatoms. The van der Waals surface area contributed by atoms with Crippen LogP contribution in [-0.2, 0) is 9.53 Å². The van der Waals surface area contributed by atoms with Crippen molar-refractivity contribution in [1.29, 1.82) is 0 Å². The second kappa shape index (κ2) is 6.28. The summed E-state index contributed by atoms with van der Waals surface area (Å²) in [5.41, 5.74) is 4.93. The maximum Gasteiger partial charge on any atom is 0.407 e. The van der Waals surface area contributed by atoms with Gasteiger partial charge in [-0.3, -0.25) is 4.79 Å². The van der Waals surface area contributed by atoms with E-state index in [1.807, 2.05) is 6.92 Å². The van der Waals surface area contributed by atoms with E-state index < -0.39 is 18.0 Å². The molecule has 0 radical (unpaired) electrons. The molecule has 0 aromatic carbocycles. The highest BCUT2D eigenvalue weighted by Gasteiger charge is 2.11. The Hall–Kier alpha value is -1.26. The third-order valence-electron chi connectivity index (χ3n) is 1.49. The molecule has 0 aliphatic rings. The van der Waals surface area contributed by atoms with Crippen LogP contribution in [-0.4, -0.2) is 24.6 Å². The van der Waals surface area contributed by atoms with Crippen molar-refractivity contribution in [3.05, 3.63) is 0 Å². The summed E-state index contributed by atoms with van der Waals surface area (Å²) in [6.07, 6.45) is 1.18. The van der Waals surface area contributed by atoms with Crippen molar-refractivity contribution >= 4 is 12.0 Å². The molecule has 0 aliphatic carbocycles. The number of ether oxygens (including phenoxy) is 1. The van der Waals surface area contributed by atoms with Gasteiger partial charge in [0, 0.05) is 0 Å². The van der Waals surface area contributed by atoms with Crippen LogP contribution in [0.4, 0.5) is 4.79 Å². The molecule has 0 rings (SSSR count). The third kappa shape index (κ3) is 5.95. The minimum atomic E-state index is -0.686. The molecular formula is C8H16N2O3. The highest BCUT2D eigenvalue weighted by molar-refractivity contribution is 5.83. The Labute approximate surface area is 77.6 Å². The van der Waals surface area contributed by atoms with Crippen molar-refractivity contribution in [3.8, 4) is 0 Å². The second-order valence-electron chi connectivity index (χ2n) is 2.76. The van der Waals surface area contributed by atoms with Gasteiger partial charge >= 0.3 is 6.09 Å². The van der Waals surface area contributed by atoms with E-state index in [1.165, 1.54) is 6.92 Å². The number of hydrogen-bond acceptors (Lipinski definition) is 3. The zero-order valence-electron chi connectivity index (χ0n) is 8.00. The highest BCUT2D eigenvalue weighted by atomic mass is 16.5. The molecule has 5 nitrogen and oxygen atoms in total. The molecule has 0 fully saturated rings. The van der Waals surface area contributed by atoms with Crippen LogP contribution in [0.5, 0.6) is 0 Å². The maximum absolute atomic E-state index is 10.9. The van der Waals surface area contributed by atoms with E-state index in [0.717, 1.165) is 12.8 Å². The van der Waals surface area contributed by atoms with Gasteiger partial charge in [-0.1, -0.05) is 13.3 Å². The fraction of sp³-hybridized carbons (Fsp3) is 0.750. The van der Waals surface area contributed by atoms with Crippen LogP contribution < -0.4 is 11.1 Å².